The van der Waals surface area contributed by atoms with Crippen LogP contribution < -0.4 is 10.6 Å². The summed E-state index contributed by atoms with van der Waals surface area (Å²) in [5, 5.41) is 28.7. The SMILES string of the molecule is CC[C@H]1O[C@]2(CC[C@@H]1C)C[C@@H]1C[C@@H](C/C=C(\C)[C@@H](OCC(C)(C)c3ccc(NC(=O)CNC(=O)OC)cc3)[C@@H](C)/C=C/C=C3\CO[C@@H]4[C@H](O)C(C)=C[C@@H](C(=O)O1)[C@]34O)O2. The molecule has 4 N–H and O–H groups in total. The second kappa shape index (κ2) is 18.4. The minimum absolute atomic E-state index is 0.0169. The summed E-state index contributed by atoms with van der Waals surface area (Å²) in [6, 6.07) is 7.55. The maximum Gasteiger partial charge on any atom is 0.407 e. The van der Waals surface area contributed by atoms with Gasteiger partial charge in [0.1, 0.15) is 36.4 Å². The molecule has 1 aliphatic carbocycles. The number of carbonyl (C=O) groups excluding carboxylic acids is 3. The molecular weight excluding hydrogens is 757 g/mol. The zero-order chi connectivity index (χ0) is 42.7. The Morgan fingerprint density at radius 1 is 1.07 bits per heavy atom. The number of esters is 1. The molecule has 1 aromatic rings. The zero-order valence-corrected chi connectivity index (χ0v) is 35.8. The van der Waals surface area contributed by atoms with Crippen LogP contribution in [0.3, 0.4) is 0 Å². The molecule has 11 atom stereocenters. The van der Waals surface area contributed by atoms with Crippen molar-refractivity contribution in [1.82, 2.24) is 5.32 Å². The fraction of sp³-hybridized carbons (Fsp3) is 0.630. The molecular formula is C46H64N2O11. The lowest BCUT2D eigenvalue weighted by atomic mass is 9.71. The second-order valence-corrected chi connectivity index (χ2v) is 17.8. The van der Waals surface area contributed by atoms with E-state index < -0.39 is 53.1 Å². The number of carbonyl (C=O) groups is 3. The van der Waals surface area contributed by atoms with Gasteiger partial charge in [-0.05, 0) is 73.4 Å². The van der Waals surface area contributed by atoms with Gasteiger partial charge in [-0.3, -0.25) is 9.59 Å². The zero-order valence-electron chi connectivity index (χ0n) is 35.8. The number of hydrogen-bond acceptors (Lipinski definition) is 11. The summed E-state index contributed by atoms with van der Waals surface area (Å²) in [7, 11) is 1.24. The Bertz CT molecular complexity index is 1820. The molecule has 6 rings (SSSR count). The molecule has 0 aromatic heterocycles. The quantitative estimate of drug-likeness (QED) is 0.174. The molecule has 324 valence electrons. The Labute approximate surface area is 348 Å². The summed E-state index contributed by atoms with van der Waals surface area (Å²) in [6.07, 6.45) is 9.41. The Morgan fingerprint density at radius 3 is 2.53 bits per heavy atom. The number of fused-ring (bicyclic) bond motifs is 2. The van der Waals surface area contributed by atoms with E-state index in [0.29, 0.717) is 55.0 Å². The van der Waals surface area contributed by atoms with Crippen LogP contribution in [0, 0.1) is 17.8 Å². The first-order chi connectivity index (χ1) is 28.0. The van der Waals surface area contributed by atoms with E-state index in [-0.39, 0.29) is 43.3 Å². The van der Waals surface area contributed by atoms with E-state index in [1.54, 1.807) is 19.1 Å². The largest absolute Gasteiger partial charge is 0.462 e. The highest BCUT2D eigenvalue weighted by molar-refractivity contribution is 5.93. The van der Waals surface area contributed by atoms with Crippen molar-refractivity contribution in [3.63, 3.8) is 0 Å². The van der Waals surface area contributed by atoms with E-state index in [9.17, 15) is 24.6 Å². The first-order valence-corrected chi connectivity index (χ1v) is 21.1. The number of nitrogens with one attached hydrogen (secondary N) is 2. The number of allylic oxidation sites excluding steroid dienone is 2. The summed E-state index contributed by atoms with van der Waals surface area (Å²) in [4.78, 5) is 37.9. The summed E-state index contributed by atoms with van der Waals surface area (Å²) in [5.74, 6) is -2.66. The van der Waals surface area contributed by atoms with Crippen LogP contribution in [0.1, 0.15) is 92.6 Å². The lowest BCUT2D eigenvalue weighted by Gasteiger charge is -2.50. The minimum atomic E-state index is -1.80. The van der Waals surface area contributed by atoms with Gasteiger partial charge < -0.3 is 49.3 Å². The predicted octanol–water partition coefficient (Wildman–Crippen LogP) is 6.19. The van der Waals surface area contributed by atoms with E-state index >= 15 is 0 Å². The Kier molecular flexibility index (Phi) is 13.9. The third kappa shape index (κ3) is 9.87. The first-order valence-electron chi connectivity index (χ1n) is 21.1. The van der Waals surface area contributed by atoms with Crippen LogP contribution in [0.15, 0.2) is 71.4 Å². The van der Waals surface area contributed by atoms with Gasteiger partial charge in [-0.2, -0.15) is 0 Å². The molecule has 59 heavy (non-hydrogen) atoms. The number of aliphatic hydroxyl groups is 2. The molecule has 1 aromatic carbocycles. The van der Waals surface area contributed by atoms with E-state index in [0.717, 1.165) is 24.0 Å². The highest BCUT2D eigenvalue weighted by Gasteiger charge is 2.60. The first kappa shape index (κ1) is 44.7. The van der Waals surface area contributed by atoms with Crippen molar-refractivity contribution in [3.05, 3.63) is 76.9 Å². The summed E-state index contributed by atoms with van der Waals surface area (Å²) < 4.78 is 37.4. The van der Waals surface area contributed by atoms with E-state index in [1.807, 2.05) is 36.4 Å². The summed E-state index contributed by atoms with van der Waals surface area (Å²) in [5.41, 5.74) is 1.45. The van der Waals surface area contributed by atoms with Crippen LogP contribution in [0.4, 0.5) is 10.5 Å². The van der Waals surface area contributed by atoms with Crippen molar-refractivity contribution in [2.24, 2.45) is 17.8 Å². The lowest BCUT2D eigenvalue weighted by molar-refractivity contribution is -0.335. The number of amides is 2. The fourth-order valence-electron chi connectivity index (χ4n) is 9.27. The molecule has 5 aliphatic rings. The highest BCUT2D eigenvalue weighted by Crippen LogP contribution is 2.47. The van der Waals surface area contributed by atoms with E-state index in [1.165, 1.54) is 7.11 Å². The number of aliphatic hydroxyl groups excluding tert-OH is 1. The maximum atomic E-state index is 14.2. The van der Waals surface area contributed by atoms with Crippen LogP contribution in [0.25, 0.3) is 0 Å². The number of benzene rings is 1. The van der Waals surface area contributed by atoms with Gasteiger partial charge in [0, 0.05) is 36.3 Å². The average molecular weight is 821 g/mol. The number of rotatable bonds is 8. The van der Waals surface area contributed by atoms with Gasteiger partial charge in [0.15, 0.2) is 5.79 Å². The van der Waals surface area contributed by atoms with Crippen LogP contribution in [-0.4, -0.2) is 103 Å². The van der Waals surface area contributed by atoms with Gasteiger partial charge >= 0.3 is 12.1 Å². The molecule has 13 heteroatoms. The third-order valence-corrected chi connectivity index (χ3v) is 12.9. The molecule has 0 radical (unpaired) electrons. The topological polar surface area (TPSA) is 171 Å². The summed E-state index contributed by atoms with van der Waals surface area (Å²) in [6.45, 7) is 14.6. The molecule has 3 fully saturated rings. The molecule has 4 heterocycles. The van der Waals surface area contributed by atoms with Crippen molar-refractivity contribution in [2.75, 3.05) is 32.2 Å². The molecule has 3 saturated heterocycles. The molecule has 13 nitrogen and oxygen atoms in total. The number of methoxy groups -OCH3 is 1. The number of alkyl carbamates (subject to hydrolysis) is 1. The number of anilines is 1. The minimum Gasteiger partial charge on any atom is -0.462 e. The molecule has 2 amide bonds. The van der Waals surface area contributed by atoms with Crippen LogP contribution in [0.2, 0.25) is 0 Å². The van der Waals surface area contributed by atoms with E-state index in [4.69, 9.17) is 23.7 Å². The molecule has 1 spiro atoms. The fourth-order valence-corrected chi connectivity index (χ4v) is 9.27. The smallest absolute Gasteiger partial charge is 0.407 e. The van der Waals surface area contributed by atoms with Crippen molar-refractivity contribution in [1.29, 1.82) is 0 Å². The number of hydrogen-bond donors (Lipinski definition) is 4. The van der Waals surface area contributed by atoms with Gasteiger partial charge in [0.25, 0.3) is 0 Å². The average Bonchev–Trinajstić information content (AvgIpc) is 3.54. The van der Waals surface area contributed by atoms with Gasteiger partial charge in [0.2, 0.25) is 5.91 Å². The van der Waals surface area contributed by atoms with Gasteiger partial charge in [-0.25, -0.2) is 4.79 Å². The lowest BCUT2D eigenvalue weighted by Crippen LogP contribution is -2.58. The second-order valence-electron chi connectivity index (χ2n) is 17.8. The van der Waals surface area contributed by atoms with Crippen LogP contribution >= 0.6 is 0 Å². The van der Waals surface area contributed by atoms with Gasteiger partial charge in [-0.1, -0.05) is 77.1 Å². The predicted molar refractivity (Wildman–Crippen MR) is 221 cm³/mol. The van der Waals surface area contributed by atoms with Crippen LogP contribution in [-0.2, 0) is 43.4 Å². The van der Waals surface area contributed by atoms with Crippen molar-refractivity contribution in [2.45, 2.75) is 140 Å². The number of ether oxygens (including phenoxy) is 6. The standard InChI is InChI=1S/C46H64N2O11/c1-9-37-27(2)19-20-45(59-37)23-35-22-34(58-45)18-13-29(4)40(56-26-44(6,7)31-14-16-33(17-15-31)48-38(49)24-47-43(52)54-8)28(3)11-10-12-32-25-55-41-39(50)30(5)21-36(42(51)57-35)46(32,41)53/h10-17,21,27-28,34-37,39-41,50,53H,9,18-20,22-26H2,1-8H3,(H,47,52)(H,48,49)/b11-10+,29-13+,32-12+/t27-,28-,34+,35-,36-,37+,39+,40-,41+,45+,46+/m0/s1. The van der Waals surface area contributed by atoms with E-state index in [2.05, 4.69) is 63.0 Å². The van der Waals surface area contributed by atoms with Crippen molar-refractivity contribution >= 4 is 23.7 Å². The Balaban J connectivity index is 1.28. The van der Waals surface area contributed by atoms with Gasteiger partial charge in [-0.15, -0.1) is 0 Å². The third-order valence-electron chi connectivity index (χ3n) is 12.9. The molecule has 0 saturated carbocycles. The summed E-state index contributed by atoms with van der Waals surface area (Å²) >= 11 is 0. The van der Waals surface area contributed by atoms with Crippen molar-refractivity contribution in [3.8, 4) is 0 Å². The monoisotopic (exact) mass is 820 g/mol. The Hall–Kier alpha value is -3.85. The Morgan fingerprint density at radius 2 is 1.81 bits per heavy atom. The molecule has 0 unspecified atom stereocenters. The maximum absolute atomic E-state index is 14.2. The van der Waals surface area contributed by atoms with Gasteiger partial charge in [0.05, 0.1) is 38.6 Å². The normalized spacial score (nSPS) is 37.4. The highest BCUT2D eigenvalue weighted by atomic mass is 16.7. The molecule has 2 bridgehead atoms. The molecule has 4 aliphatic heterocycles. The van der Waals surface area contributed by atoms with Crippen molar-refractivity contribution < 1.29 is 53.0 Å². The van der Waals surface area contributed by atoms with Crippen LogP contribution in [0.5, 0.6) is 0 Å².